The summed E-state index contributed by atoms with van der Waals surface area (Å²) in [5, 5.41) is 1.67. The Morgan fingerprint density at radius 1 is 1.17 bits per heavy atom. The normalized spacial score (nSPS) is 15.4. The van der Waals surface area contributed by atoms with Gasteiger partial charge in [-0.15, -0.1) is 5.06 Å². The minimum Gasteiger partial charge on any atom is -0.368 e. The molecule has 0 aliphatic carbocycles. The van der Waals surface area contributed by atoms with E-state index in [2.05, 4.69) is 20.8 Å². The van der Waals surface area contributed by atoms with Crippen LogP contribution in [0.15, 0.2) is 45.8 Å². The van der Waals surface area contributed by atoms with Crippen molar-refractivity contribution in [3.8, 4) is 0 Å². The van der Waals surface area contributed by atoms with Crippen molar-refractivity contribution in [3.63, 3.8) is 0 Å². The van der Waals surface area contributed by atoms with Gasteiger partial charge in [-0.25, -0.2) is 9.18 Å². The average molecular weight is 466 g/mol. The lowest BCUT2D eigenvalue weighted by atomic mass is 9.98. The molecule has 8 heteroatoms. The molecule has 1 saturated heterocycles. The molecule has 2 aromatic rings. The second kappa shape index (κ2) is 8.67. The standard InChI is InChI=1S/C21H25BrFN3O3/c1-21(2,3)20(28)29-26-11-9-24(10-12-26)17-7-8-25(19(27)18(17)22)14-15-5-4-6-16(23)13-15/h4-8,13H,9-12,14H2,1-3H3. The molecule has 0 bridgehead atoms. The maximum Gasteiger partial charge on any atom is 0.330 e. The van der Waals surface area contributed by atoms with Crippen molar-refractivity contribution in [1.82, 2.24) is 9.63 Å². The maximum absolute atomic E-state index is 13.4. The molecule has 1 aromatic heterocycles. The Labute approximate surface area is 178 Å². The van der Waals surface area contributed by atoms with Crippen LogP contribution in [0, 0.1) is 11.2 Å². The molecule has 0 unspecified atom stereocenters. The molecule has 1 aromatic carbocycles. The number of halogens is 2. The lowest BCUT2D eigenvalue weighted by molar-refractivity contribution is -0.201. The zero-order chi connectivity index (χ0) is 21.2. The first-order chi connectivity index (χ1) is 13.6. The number of carbonyl (C=O) groups is 1. The zero-order valence-electron chi connectivity index (χ0n) is 16.8. The number of carbonyl (C=O) groups excluding carboxylic acids is 1. The van der Waals surface area contributed by atoms with Crippen LogP contribution < -0.4 is 10.5 Å². The second-order valence-corrected chi connectivity index (χ2v) is 8.92. The number of piperazine rings is 1. The SMILES string of the molecule is CC(C)(C)C(=O)ON1CCN(c2ccn(Cc3cccc(F)c3)c(=O)c2Br)CC1. The third kappa shape index (κ3) is 5.25. The molecule has 1 fully saturated rings. The molecule has 29 heavy (non-hydrogen) atoms. The van der Waals surface area contributed by atoms with Crippen LogP contribution in [0.1, 0.15) is 26.3 Å². The average Bonchev–Trinajstić information content (AvgIpc) is 2.66. The highest BCUT2D eigenvalue weighted by Crippen LogP contribution is 2.25. The number of anilines is 1. The van der Waals surface area contributed by atoms with Crippen LogP contribution in [-0.2, 0) is 16.2 Å². The molecule has 0 atom stereocenters. The number of hydrogen-bond donors (Lipinski definition) is 0. The van der Waals surface area contributed by atoms with Crippen molar-refractivity contribution >= 4 is 27.6 Å². The molecule has 3 rings (SSSR count). The Balaban J connectivity index is 1.67. The Kier molecular flexibility index (Phi) is 6.43. The smallest absolute Gasteiger partial charge is 0.330 e. The number of pyridine rings is 1. The summed E-state index contributed by atoms with van der Waals surface area (Å²) in [5.41, 5.74) is 0.800. The molecule has 0 radical (unpaired) electrons. The van der Waals surface area contributed by atoms with Crippen LogP contribution in [0.25, 0.3) is 0 Å². The van der Waals surface area contributed by atoms with Crippen LogP contribution >= 0.6 is 15.9 Å². The topological polar surface area (TPSA) is 54.8 Å². The van der Waals surface area contributed by atoms with Gasteiger partial charge in [0.05, 0.1) is 30.7 Å². The highest BCUT2D eigenvalue weighted by atomic mass is 79.9. The number of hydroxylamine groups is 2. The van der Waals surface area contributed by atoms with Gasteiger partial charge in [0.1, 0.15) is 10.3 Å². The molecule has 156 valence electrons. The minimum absolute atomic E-state index is 0.173. The minimum atomic E-state index is -0.549. The van der Waals surface area contributed by atoms with Gasteiger partial charge in [-0.3, -0.25) is 4.79 Å². The van der Waals surface area contributed by atoms with Crippen LogP contribution in [0.3, 0.4) is 0 Å². The van der Waals surface area contributed by atoms with Gasteiger partial charge < -0.3 is 14.3 Å². The summed E-state index contributed by atoms with van der Waals surface area (Å²) in [6.07, 6.45) is 1.72. The van der Waals surface area contributed by atoms with Gasteiger partial charge in [0.25, 0.3) is 5.56 Å². The summed E-state index contributed by atoms with van der Waals surface area (Å²) >= 11 is 3.43. The molecule has 0 amide bonds. The number of hydrogen-bond acceptors (Lipinski definition) is 5. The number of nitrogens with zero attached hydrogens (tertiary/aromatic N) is 3. The molecule has 0 saturated carbocycles. The van der Waals surface area contributed by atoms with E-state index in [-0.39, 0.29) is 17.3 Å². The van der Waals surface area contributed by atoms with Crippen LogP contribution in [0.4, 0.5) is 10.1 Å². The molecule has 0 N–H and O–H groups in total. The molecular weight excluding hydrogens is 441 g/mol. The summed E-state index contributed by atoms with van der Waals surface area (Å²) in [5.74, 6) is -0.580. The fourth-order valence-electron chi connectivity index (χ4n) is 3.01. The van der Waals surface area contributed by atoms with E-state index in [1.54, 1.807) is 28.0 Å². The molecule has 2 heterocycles. The van der Waals surface area contributed by atoms with E-state index in [1.807, 2.05) is 26.8 Å². The number of benzene rings is 1. The van der Waals surface area contributed by atoms with Crippen molar-refractivity contribution in [1.29, 1.82) is 0 Å². The maximum atomic E-state index is 13.4. The number of rotatable bonds is 4. The predicted molar refractivity (Wildman–Crippen MR) is 113 cm³/mol. The molecule has 6 nitrogen and oxygen atoms in total. The predicted octanol–water partition coefficient (Wildman–Crippen LogP) is 3.42. The van der Waals surface area contributed by atoms with Crippen molar-refractivity contribution in [2.75, 3.05) is 31.1 Å². The quantitative estimate of drug-likeness (QED) is 0.692. The first-order valence-corrected chi connectivity index (χ1v) is 10.3. The van der Waals surface area contributed by atoms with E-state index >= 15 is 0 Å². The lowest BCUT2D eigenvalue weighted by Gasteiger charge is -2.36. The van der Waals surface area contributed by atoms with E-state index in [0.29, 0.717) is 37.2 Å². The highest BCUT2D eigenvalue weighted by Gasteiger charge is 2.28. The molecule has 1 aliphatic heterocycles. The van der Waals surface area contributed by atoms with Crippen LogP contribution in [0.2, 0.25) is 0 Å². The highest BCUT2D eigenvalue weighted by molar-refractivity contribution is 9.10. The second-order valence-electron chi connectivity index (χ2n) is 8.12. The Bertz CT molecular complexity index is 947. The Morgan fingerprint density at radius 3 is 2.48 bits per heavy atom. The fraction of sp³-hybridized carbons (Fsp3) is 0.429. The number of aromatic nitrogens is 1. The summed E-state index contributed by atoms with van der Waals surface area (Å²) in [6, 6.07) is 8.10. The largest absolute Gasteiger partial charge is 0.368 e. The monoisotopic (exact) mass is 465 g/mol. The van der Waals surface area contributed by atoms with Crippen molar-refractivity contribution in [2.45, 2.75) is 27.3 Å². The van der Waals surface area contributed by atoms with Crippen LogP contribution in [0.5, 0.6) is 0 Å². The first-order valence-electron chi connectivity index (χ1n) is 9.51. The van der Waals surface area contributed by atoms with Gasteiger partial charge in [0.15, 0.2) is 0 Å². The van der Waals surface area contributed by atoms with Gasteiger partial charge in [0.2, 0.25) is 0 Å². The Hall–Kier alpha value is -2.19. The van der Waals surface area contributed by atoms with Crippen LogP contribution in [-0.4, -0.2) is 41.8 Å². The van der Waals surface area contributed by atoms with Crippen molar-refractivity contribution in [2.24, 2.45) is 5.41 Å². The van der Waals surface area contributed by atoms with Gasteiger partial charge in [-0.2, -0.15) is 0 Å². The molecular formula is C21H25BrFN3O3. The fourth-order valence-corrected chi connectivity index (χ4v) is 3.62. The van der Waals surface area contributed by atoms with E-state index in [1.165, 1.54) is 12.1 Å². The summed E-state index contributed by atoms with van der Waals surface area (Å²) in [6.45, 7) is 8.13. The third-order valence-corrected chi connectivity index (χ3v) is 5.48. The van der Waals surface area contributed by atoms with E-state index in [4.69, 9.17) is 4.84 Å². The summed E-state index contributed by atoms with van der Waals surface area (Å²) in [4.78, 5) is 32.3. The zero-order valence-corrected chi connectivity index (χ0v) is 18.4. The summed E-state index contributed by atoms with van der Waals surface area (Å²) < 4.78 is 15.4. The lowest BCUT2D eigenvalue weighted by Crippen LogP contribution is -2.48. The van der Waals surface area contributed by atoms with Gasteiger partial charge in [-0.1, -0.05) is 12.1 Å². The first kappa shape index (κ1) is 21.5. The van der Waals surface area contributed by atoms with Gasteiger partial charge >= 0.3 is 5.97 Å². The van der Waals surface area contributed by atoms with Gasteiger partial charge in [0, 0.05) is 19.3 Å². The van der Waals surface area contributed by atoms with Gasteiger partial charge in [-0.05, 0) is 60.5 Å². The van der Waals surface area contributed by atoms with E-state index in [9.17, 15) is 14.0 Å². The third-order valence-electron chi connectivity index (χ3n) is 4.73. The molecule has 0 spiro atoms. The van der Waals surface area contributed by atoms with Crippen molar-refractivity contribution < 1.29 is 14.0 Å². The summed E-state index contributed by atoms with van der Waals surface area (Å²) in [7, 11) is 0. The van der Waals surface area contributed by atoms with E-state index < -0.39 is 5.41 Å². The van der Waals surface area contributed by atoms with Crippen molar-refractivity contribution in [3.05, 3.63) is 62.7 Å². The Morgan fingerprint density at radius 2 is 1.86 bits per heavy atom. The van der Waals surface area contributed by atoms with E-state index in [0.717, 1.165) is 11.3 Å². The molecule has 1 aliphatic rings.